The lowest BCUT2D eigenvalue weighted by Crippen LogP contribution is -2.20. The summed E-state index contributed by atoms with van der Waals surface area (Å²) in [6.07, 6.45) is 0. The Morgan fingerprint density at radius 2 is 1.86 bits per heavy atom. The first-order valence-electron chi connectivity index (χ1n) is 6.58. The number of aryl methyl sites for hydroxylation is 2. The molecule has 0 radical (unpaired) electrons. The molecular formula is C16H19N3O2. The molecule has 0 bridgehead atoms. The normalized spacial score (nSPS) is 10.0. The second-order valence-corrected chi connectivity index (χ2v) is 4.83. The zero-order valence-electron chi connectivity index (χ0n) is 12.4. The van der Waals surface area contributed by atoms with Crippen molar-refractivity contribution in [1.29, 1.82) is 0 Å². The van der Waals surface area contributed by atoms with E-state index in [0.29, 0.717) is 17.1 Å². The first-order chi connectivity index (χ1) is 9.99. The maximum Gasteiger partial charge on any atom is 0.323 e. The van der Waals surface area contributed by atoms with Crippen LogP contribution in [0.2, 0.25) is 0 Å². The number of rotatable bonds is 3. The molecule has 0 aliphatic carbocycles. The van der Waals surface area contributed by atoms with E-state index in [9.17, 15) is 4.79 Å². The van der Waals surface area contributed by atoms with Crippen LogP contribution in [0.5, 0.6) is 5.75 Å². The number of ether oxygens (including phenoxy) is 1. The summed E-state index contributed by atoms with van der Waals surface area (Å²) in [5.41, 5.74) is 9.79. The highest BCUT2D eigenvalue weighted by Gasteiger charge is 2.07. The largest absolute Gasteiger partial charge is 0.497 e. The van der Waals surface area contributed by atoms with Gasteiger partial charge in [-0.3, -0.25) is 0 Å². The summed E-state index contributed by atoms with van der Waals surface area (Å²) in [7, 11) is 1.58. The molecule has 21 heavy (non-hydrogen) atoms. The van der Waals surface area contributed by atoms with Gasteiger partial charge in [-0.25, -0.2) is 4.79 Å². The van der Waals surface area contributed by atoms with Crippen LogP contribution in [0.1, 0.15) is 11.1 Å². The van der Waals surface area contributed by atoms with E-state index < -0.39 is 0 Å². The molecule has 2 aromatic carbocycles. The van der Waals surface area contributed by atoms with Crippen LogP contribution in [-0.4, -0.2) is 13.1 Å². The summed E-state index contributed by atoms with van der Waals surface area (Å²) >= 11 is 0. The lowest BCUT2D eigenvalue weighted by molar-refractivity contribution is 0.262. The SMILES string of the molecule is COc1cccc(NC(=O)Nc2cc(C)c(N)cc2C)c1. The summed E-state index contributed by atoms with van der Waals surface area (Å²) in [4.78, 5) is 12.0. The first-order valence-corrected chi connectivity index (χ1v) is 6.58. The van der Waals surface area contributed by atoms with Gasteiger partial charge in [-0.15, -0.1) is 0 Å². The monoisotopic (exact) mass is 285 g/mol. The number of nitrogens with one attached hydrogen (secondary N) is 2. The van der Waals surface area contributed by atoms with E-state index in [4.69, 9.17) is 10.5 Å². The topological polar surface area (TPSA) is 76.4 Å². The van der Waals surface area contributed by atoms with Crippen LogP contribution in [0.3, 0.4) is 0 Å². The summed E-state index contributed by atoms with van der Waals surface area (Å²) in [5.74, 6) is 0.687. The molecule has 4 N–H and O–H groups in total. The summed E-state index contributed by atoms with van der Waals surface area (Å²) in [6.45, 7) is 3.80. The van der Waals surface area contributed by atoms with Crippen LogP contribution in [0.15, 0.2) is 36.4 Å². The minimum absolute atomic E-state index is 0.310. The number of hydrogen-bond acceptors (Lipinski definition) is 3. The molecule has 110 valence electrons. The Balaban J connectivity index is 2.09. The number of nitrogen functional groups attached to an aromatic ring is 1. The predicted octanol–water partition coefficient (Wildman–Crippen LogP) is 3.54. The van der Waals surface area contributed by atoms with Crippen molar-refractivity contribution in [3.8, 4) is 5.75 Å². The lowest BCUT2D eigenvalue weighted by Gasteiger charge is -2.12. The van der Waals surface area contributed by atoms with Crippen molar-refractivity contribution in [2.45, 2.75) is 13.8 Å². The van der Waals surface area contributed by atoms with Gasteiger partial charge in [0.05, 0.1) is 7.11 Å². The third-order valence-electron chi connectivity index (χ3n) is 3.19. The molecule has 0 unspecified atom stereocenters. The smallest absolute Gasteiger partial charge is 0.323 e. The first kappa shape index (κ1) is 14.7. The van der Waals surface area contributed by atoms with Crippen molar-refractivity contribution >= 4 is 23.1 Å². The molecule has 2 aromatic rings. The fourth-order valence-electron chi connectivity index (χ4n) is 1.96. The van der Waals surface area contributed by atoms with Crippen molar-refractivity contribution in [1.82, 2.24) is 0 Å². The molecule has 0 saturated heterocycles. The van der Waals surface area contributed by atoms with Crippen LogP contribution in [-0.2, 0) is 0 Å². The number of methoxy groups -OCH3 is 1. The van der Waals surface area contributed by atoms with E-state index in [2.05, 4.69) is 10.6 Å². The Morgan fingerprint density at radius 3 is 2.57 bits per heavy atom. The standard InChI is InChI=1S/C16H19N3O2/c1-10-8-15(11(2)7-14(10)17)19-16(20)18-12-5-4-6-13(9-12)21-3/h4-9H,17H2,1-3H3,(H2,18,19,20). The summed E-state index contributed by atoms with van der Waals surface area (Å²) in [6, 6.07) is 10.6. The van der Waals surface area contributed by atoms with Crippen molar-refractivity contribution in [3.63, 3.8) is 0 Å². The molecule has 0 fully saturated rings. The van der Waals surface area contributed by atoms with Crippen molar-refractivity contribution in [2.24, 2.45) is 0 Å². The van der Waals surface area contributed by atoms with Gasteiger partial charge in [-0.2, -0.15) is 0 Å². The van der Waals surface area contributed by atoms with Crippen LogP contribution in [0, 0.1) is 13.8 Å². The van der Waals surface area contributed by atoms with Gasteiger partial charge < -0.3 is 21.1 Å². The molecule has 5 heteroatoms. The zero-order valence-corrected chi connectivity index (χ0v) is 12.4. The van der Waals surface area contributed by atoms with Gasteiger partial charge in [-0.05, 0) is 49.2 Å². The van der Waals surface area contributed by atoms with Crippen LogP contribution in [0.25, 0.3) is 0 Å². The molecule has 0 aromatic heterocycles. The predicted molar refractivity (Wildman–Crippen MR) is 86.0 cm³/mol. The van der Waals surface area contributed by atoms with Gasteiger partial charge in [0.1, 0.15) is 5.75 Å². The highest BCUT2D eigenvalue weighted by Crippen LogP contribution is 2.22. The minimum Gasteiger partial charge on any atom is -0.497 e. The second kappa shape index (κ2) is 6.17. The quantitative estimate of drug-likeness (QED) is 0.755. The third kappa shape index (κ3) is 3.66. The summed E-state index contributed by atoms with van der Waals surface area (Å²) < 4.78 is 5.12. The van der Waals surface area contributed by atoms with Crippen molar-refractivity contribution < 1.29 is 9.53 Å². The van der Waals surface area contributed by atoms with Crippen LogP contribution < -0.4 is 21.1 Å². The van der Waals surface area contributed by atoms with E-state index in [1.54, 1.807) is 19.2 Å². The Hall–Kier alpha value is -2.69. The summed E-state index contributed by atoms with van der Waals surface area (Å²) in [5, 5.41) is 5.58. The Kier molecular flexibility index (Phi) is 4.33. The van der Waals surface area contributed by atoms with Gasteiger partial charge in [0.15, 0.2) is 0 Å². The number of urea groups is 1. The van der Waals surface area contributed by atoms with Crippen LogP contribution >= 0.6 is 0 Å². The lowest BCUT2D eigenvalue weighted by atomic mass is 10.1. The third-order valence-corrected chi connectivity index (χ3v) is 3.19. The number of carbonyl (C=O) groups is 1. The van der Waals surface area contributed by atoms with Crippen molar-refractivity contribution in [3.05, 3.63) is 47.5 Å². The molecule has 0 saturated carbocycles. The van der Waals surface area contributed by atoms with Gasteiger partial charge in [-0.1, -0.05) is 6.07 Å². The molecule has 0 heterocycles. The number of amides is 2. The average molecular weight is 285 g/mol. The van der Waals surface area contributed by atoms with Gasteiger partial charge in [0.25, 0.3) is 0 Å². The molecule has 2 amide bonds. The molecule has 0 aliphatic heterocycles. The molecule has 5 nitrogen and oxygen atoms in total. The van der Waals surface area contributed by atoms with Gasteiger partial charge in [0, 0.05) is 23.1 Å². The molecule has 0 spiro atoms. The number of nitrogens with two attached hydrogens (primary N) is 1. The molecule has 0 aliphatic rings. The average Bonchev–Trinajstić information content (AvgIpc) is 2.45. The van der Waals surface area contributed by atoms with E-state index in [1.807, 2.05) is 38.1 Å². The highest BCUT2D eigenvalue weighted by atomic mass is 16.5. The van der Waals surface area contributed by atoms with E-state index in [-0.39, 0.29) is 6.03 Å². The Morgan fingerprint density at radius 1 is 1.10 bits per heavy atom. The maximum absolute atomic E-state index is 12.0. The number of anilines is 3. The number of hydrogen-bond donors (Lipinski definition) is 3. The Labute approximate surface area is 124 Å². The van der Waals surface area contributed by atoms with E-state index in [0.717, 1.165) is 16.8 Å². The fourth-order valence-corrected chi connectivity index (χ4v) is 1.96. The second-order valence-electron chi connectivity index (χ2n) is 4.83. The van der Waals surface area contributed by atoms with E-state index in [1.165, 1.54) is 0 Å². The van der Waals surface area contributed by atoms with Gasteiger partial charge >= 0.3 is 6.03 Å². The molecular weight excluding hydrogens is 266 g/mol. The maximum atomic E-state index is 12.0. The number of carbonyl (C=O) groups excluding carboxylic acids is 1. The fraction of sp³-hybridized carbons (Fsp3) is 0.188. The van der Waals surface area contributed by atoms with E-state index >= 15 is 0 Å². The molecule has 2 rings (SSSR count). The highest BCUT2D eigenvalue weighted by molar-refractivity contribution is 6.00. The minimum atomic E-state index is -0.310. The van der Waals surface area contributed by atoms with Crippen molar-refractivity contribution in [2.75, 3.05) is 23.5 Å². The molecule has 0 atom stereocenters. The Bertz CT molecular complexity index is 669. The zero-order chi connectivity index (χ0) is 15.4. The van der Waals surface area contributed by atoms with Crippen LogP contribution in [0.4, 0.5) is 21.9 Å². The number of benzene rings is 2. The van der Waals surface area contributed by atoms with Gasteiger partial charge in [0.2, 0.25) is 0 Å².